The maximum Gasteiger partial charge on any atom is 0.227 e. The van der Waals surface area contributed by atoms with Crippen molar-refractivity contribution in [2.24, 2.45) is 5.92 Å². The molecule has 1 aliphatic heterocycles. The van der Waals surface area contributed by atoms with Gasteiger partial charge in [-0.15, -0.1) is 0 Å². The third kappa shape index (κ3) is 4.34. The summed E-state index contributed by atoms with van der Waals surface area (Å²) in [7, 11) is 3.13. The highest BCUT2D eigenvalue weighted by molar-refractivity contribution is 6.31. The smallest absolute Gasteiger partial charge is 0.227 e. The fourth-order valence-corrected chi connectivity index (χ4v) is 3.27. The van der Waals surface area contributed by atoms with Crippen LogP contribution in [0.4, 0.5) is 5.69 Å². The first-order valence-electron chi connectivity index (χ1n) is 8.56. The Balaban J connectivity index is 1.66. The second kappa shape index (κ2) is 8.31. The molecule has 2 aromatic rings. The van der Waals surface area contributed by atoms with Crippen molar-refractivity contribution in [1.29, 1.82) is 0 Å². The molecule has 1 atom stereocenters. The number of carbonyl (C=O) groups is 2. The minimum absolute atomic E-state index is 0.128. The normalized spacial score (nSPS) is 16.3. The van der Waals surface area contributed by atoms with Crippen LogP contribution in [0.1, 0.15) is 12.0 Å². The Hall–Kier alpha value is -2.73. The summed E-state index contributed by atoms with van der Waals surface area (Å²) in [6.07, 6.45) is 0.152. The van der Waals surface area contributed by atoms with Crippen molar-refractivity contribution in [3.8, 4) is 11.5 Å². The number of nitrogens with zero attached hydrogens (tertiary/aromatic N) is 1. The third-order valence-electron chi connectivity index (χ3n) is 4.53. The van der Waals surface area contributed by atoms with E-state index in [2.05, 4.69) is 5.32 Å². The molecule has 0 aliphatic carbocycles. The van der Waals surface area contributed by atoms with Crippen molar-refractivity contribution in [3.63, 3.8) is 0 Å². The van der Waals surface area contributed by atoms with Crippen molar-refractivity contribution in [3.05, 3.63) is 53.1 Å². The predicted octanol–water partition coefficient (Wildman–Crippen LogP) is 3.03. The number of ether oxygens (including phenoxy) is 2. The van der Waals surface area contributed by atoms with Crippen molar-refractivity contribution >= 4 is 29.1 Å². The molecule has 1 fully saturated rings. The number of carbonyl (C=O) groups excluding carboxylic acids is 2. The molecule has 1 heterocycles. The number of anilines is 1. The SMILES string of the molecule is COc1cccc(CNC(=O)C2CC(=O)N(c3cc(Cl)ccc3OC)C2)c1. The van der Waals surface area contributed by atoms with Gasteiger partial charge in [-0.1, -0.05) is 23.7 Å². The molecule has 3 rings (SSSR count). The summed E-state index contributed by atoms with van der Waals surface area (Å²) in [5.41, 5.74) is 1.51. The lowest BCUT2D eigenvalue weighted by Crippen LogP contribution is -2.32. The van der Waals surface area contributed by atoms with Crippen LogP contribution < -0.4 is 19.7 Å². The van der Waals surface area contributed by atoms with E-state index in [1.807, 2.05) is 24.3 Å². The first-order chi connectivity index (χ1) is 13.0. The zero-order valence-electron chi connectivity index (χ0n) is 15.2. The van der Waals surface area contributed by atoms with Crippen LogP contribution in [-0.2, 0) is 16.1 Å². The molecule has 1 saturated heterocycles. The first-order valence-corrected chi connectivity index (χ1v) is 8.94. The monoisotopic (exact) mass is 388 g/mol. The van der Waals surface area contributed by atoms with Gasteiger partial charge in [-0.3, -0.25) is 9.59 Å². The van der Waals surface area contributed by atoms with Gasteiger partial charge in [-0.25, -0.2) is 0 Å². The van der Waals surface area contributed by atoms with Gasteiger partial charge in [-0.2, -0.15) is 0 Å². The third-order valence-corrected chi connectivity index (χ3v) is 4.76. The molecule has 1 N–H and O–H groups in total. The summed E-state index contributed by atoms with van der Waals surface area (Å²) < 4.78 is 10.5. The van der Waals surface area contributed by atoms with Crippen LogP contribution in [0.15, 0.2) is 42.5 Å². The van der Waals surface area contributed by atoms with Crippen LogP contribution in [0.25, 0.3) is 0 Å². The number of halogens is 1. The molecule has 142 valence electrons. The topological polar surface area (TPSA) is 67.9 Å². The number of nitrogens with one attached hydrogen (secondary N) is 1. The molecule has 7 heteroatoms. The highest BCUT2D eigenvalue weighted by atomic mass is 35.5. The van der Waals surface area contributed by atoms with Crippen molar-refractivity contribution in [2.45, 2.75) is 13.0 Å². The molecule has 6 nitrogen and oxygen atoms in total. The Morgan fingerprint density at radius 1 is 1.22 bits per heavy atom. The van der Waals surface area contributed by atoms with Crippen LogP contribution in [0, 0.1) is 5.92 Å². The number of hydrogen-bond acceptors (Lipinski definition) is 4. The largest absolute Gasteiger partial charge is 0.497 e. The van der Waals surface area contributed by atoms with E-state index in [1.54, 1.807) is 30.2 Å². The van der Waals surface area contributed by atoms with E-state index >= 15 is 0 Å². The Bertz CT molecular complexity index is 856. The summed E-state index contributed by atoms with van der Waals surface area (Å²) >= 11 is 6.06. The van der Waals surface area contributed by atoms with Crippen LogP contribution in [0.5, 0.6) is 11.5 Å². The quantitative estimate of drug-likeness (QED) is 0.826. The van der Waals surface area contributed by atoms with Gasteiger partial charge in [0.2, 0.25) is 11.8 Å². The van der Waals surface area contributed by atoms with E-state index in [0.29, 0.717) is 29.5 Å². The Kier molecular flexibility index (Phi) is 5.86. The molecule has 27 heavy (non-hydrogen) atoms. The summed E-state index contributed by atoms with van der Waals surface area (Å²) in [4.78, 5) is 26.6. The van der Waals surface area contributed by atoms with E-state index < -0.39 is 5.92 Å². The van der Waals surface area contributed by atoms with Gasteiger partial charge in [-0.05, 0) is 35.9 Å². The van der Waals surface area contributed by atoms with Gasteiger partial charge in [0.25, 0.3) is 0 Å². The summed E-state index contributed by atoms with van der Waals surface area (Å²) in [6, 6.07) is 12.6. The molecule has 0 aromatic heterocycles. The Morgan fingerprint density at radius 3 is 2.78 bits per heavy atom. The van der Waals surface area contributed by atoms with Crippen LogP contribution in [-0.4, -0.2) is 32.6 Å². The molecule has 0 bridgehead atoms. The van der Waals surface area contributed by atoms with Crippen LogP contribution in [0.3, 0.4) is 0 Å². The minimum Gasteiger partial charge on any atom is -0.497 e. The Labute approximate surface area is 163 Å². The molecule has 1 aliphatic rings. The molecule has 0 spiro atoms. The number of rotatable bonds is 6. The second-order valence-electron chi connectivity index (χ2n) is 6.29. The zero-order valence-corrected chi connectivity index (χ0v) is 16.0. The second-order valence-corrected chi connectivity index (χ2v) is 6.73. The lowest BCUT2D eigenvalue weighted by molar-refractivity contribution is -0.126. The van der Waals surface area contributed by atoms with Gasteiger partial charge in [0.1, 0.15) is 11.5 Å². The molecule has 2 aromatic carbocycles. The average Bonchev–Trinajstić information content (AvgIpc) is 3.07. The molecule has 0 radical (unpaired) electrons. The lowest BCUT2D eigenvalue weighted by Gasteiger charge is -2.20. The first kappa shape index (κ1) is 19.0. The van der Waals surface area contributed by atoms with E-state index in [9.17, 15) is 9.59 Å². The van der Waals surface area contributed by atoms with Crippen molar-refractivity contribution in [2.75, 3.05) is 25.7 Å². The van der Waals surface area contributed by atoms with Gasteiger partial charge in [0.05, 0.1) is 25.8 Å². The van der Waals surface area contributed by atoms with E-state index in [4.69, 9.17) is 21.1 Å². The number of methoxy groups -OCH3 is 2. The highest BCUT2D eigenvalue weighted by Gasteiger charge is 2.36. The minimum atomic E-state index is -0.424. The number of benzene rings is 2. The van der Waals surface area contributed by atoms with Crippen molar-refractivity contribution in [1.82, 2.24) is 5.32 Å². The summed E-state index contributed by atoms with van der Waals surface area (Å²) in [5.74, 6) is 0.570. The molecule has 0 saturated carbocycles. The molecular weight excluding hydrogens is 368 g/mol. The fraction of sp³-hybridized carbons (Fsp3) is 0.300. The molecule has 2 amide bonds. The van der Waals surface area contributed by atoms with Crippen molar-refractivity contribution < 1.29 is 19.1 Å². The van der Waals surface area contributed by atoms with Gasteiger partial charge < -0.3 is 19.7 Å². The standard InChI is InChI=1S/C20H21ClN2O4/c1-26-16-5-3-4-13(8-16)11-22-20(25)14-9-19(24)23(12-14)17-10-15(21)6-7-18(17)27-2/h3-8,10,14H,9,11-12H2,1-2H3,(H,22,25). The number of hydrogen-bond donors (Lipinski definition) is 1. The van der Waals surface area contributed by atoms with Crippen LogP contribution >= 0.6 is 11.6 Å². The van der Waals surface area contributed by atoms with E-state index in [0.717, 1.165) is 11.3 Å². The predicted molar refractivity (Wildman–Crippen MR) is 103 cm³/mol. The maximum absolute atomic E-state index is 12.5. The van der Waals surface area contributed by atoms with Gasteiger partial charge >= 0.3 is 0 Å². The van der Waals surface area contributed by atoms with E-state index in [-0.39, 0.29) is 18.2 Å². The van der Waals surface area contributed by atoms with Gasteiger partial charge in [0, 0.05) is 24.5 Å². The number of amides is 2. The lowest BCUT2D eigenvalue weighted by atomic mass is 10.1. The van der Waals surface area contributed by atoms with Gasteiger partial charge in [0.15, 0.2) is 0 Å². The summed E-state index contributed by atoms with van der Waals surface area (Å²) in [6.45, 7) is 0.667. The molecule has 1 unspecified atom stereocenters. The Morgan fingerprint density at radius 2 is 2.04 bits per heavy atom. The van der Waals surface area contributed by atoms with Crippen LogP contribution in [0.2, 0.25) is 5.02 Å². The molecular formula is C20H21ClN2O4. The fourth-order valence-electron chi connectivity index (χ4n) is 3.11. The van der Waals surface area contributed by atoms with E-state index in [1.165, 1.54) is 7.11 Å². The highest BCUT2D eigenvalue weighted by Crippen LogP contribution is 2.35. The maximum atomic E-state index is 12.5. The average molecular weight is 389 g/mol. The zero-order chi connectivity index (χ0) is 19.4. The summed E-state index contributed by atoms with van der Waals surface area (Å²) in [5, 5.41) is 3.40.